The molecule has 0 rings (SSSR count). The van der Waals surface area contributed by atoms with E-state index in [1.807, 2.05) is 0 Å². The summed E-state index contributed by atoms with van der Waals surface area (Å²) < 4.78 is 34.4. The van der Waals surface area contributed by atoms with Crippen molar-refractivity contribution in [1.29, 1.82) is 0 Å². The van der Waals surface area contributed by atoms with E-state index in [-0.39, 0.29) is 17.4 Å². The molecule has 7 heteroatoms. The number of ether oxygens (including phenoxy) is 1. The van der Waals surface area contributed by atoms with Gasteiger partial charge in [-0.3, -0.25) is 4.55 Å². The Labute approximate surface area is 82.5 Å². The van der Waals surface area contributed by atoms with Gasteiger partial charge in [-0.15, -0.1) is 0 Å². The lowest BCUT2D eigenvalue weighted by molar-refractivity contribution is 0.305. The van der Waals surface area contributed by atoms with E-state index < -0.39 is 15.4 Å². The fourth-order valence-electron chi connectivity index (χ4n) is 0.579. The van der Waals surface area contributed by atoms with Crippen LogP contribution in [-0.4, -0.2) is 29.2 Å². The fraction of sp³-hybridized carbons (Fsp3) is 0.800. The van der Waals surface area contributed by atoms with E-state index in [0.717, 1.165) is 0 Å². The average molecular weight is 230 g/mol. The molecule has 0 heterocycles. The standard InChI is InChI=1S/C5H10O4S3/c1-2-4(12(6,7)8)3-9-5(10)11/h4H,2-3H2,1H3,(H,10,11)(H,6,7,8). The van der Waals surface area contributed by atoms with Crippen molar-refractivity contribution in [3.8, 4) is 0 Å². The van der Waals surface area contributed by atoms with Crippen molar-refractivity contribution in [3.63, 3.8) is 0 Å². The molecule has 1 atom stereocenters. The number of hydrogen-bond acceptors (Lipinski definition) is 4. The summed E-state index contributed by atoms with van der Waals surface area (Å²) >= 11 is 8.09. The van der Waals surface area contributed by atoms with Crippen molar-refractivity contribution in [2.45, 2.75) is 18.6 Å². The Kier molecular flexibility index (Phi) is 5.07. The lowest BCUT2D eigenvalue weighted by Gasteiger charge is -2.10. The van der Waals surface area contributed by atoms with Crippen LogP contribution in [0, 0.1) is 0 Å². The Hall–Kier alpha value is 0.150. The van der Waals surface area contributed by atoms with Gasteiger partial charge in [-0.05, 0) is 18.6 Å². The first-order valence-electron chi connectivity index (χ1n) is 3.20. The van der Waals surface area contributed by atoms with Gasteiger partial charge in [0.25, 0.3) is 10.1 Å². The first kappa shape index (κ1) is 12.2. The molecular formula is C5H10O4S3. The third-order valence-corrected chi connectivity index (χ3v) is 2.83. The molecular weight excluding hydrogens is 220 g/mol. The second-order valence-electron chi connectivity index (χ2n) is 2.12. The van der Waals surface area contributed by atoms with Crippen LogP contribution in [-0.2, 0) is 14.9 Å². The topological polar surface area (TPSA) is 63.6 Å². The predicted molar refractivity (Wildman–Crippen MR) is 53.2 cm³/mol. The summed E-state index contributed by atoms with van der Waals surface area (Å²) in [6.45, 7) is 1.47. The zero-order valence-electron chi connectivity index (χ0n) is 6.43. The summed E-state index contributed by atoms with van der Waals surface area (Å²) in [5.74, 6) is 0. The molecule has 0 saturated heterocycles. The van der Waals surface area contributed by atoms with E-state index in [0.29, 0.717) is 0 Å². The first-order chi connectivity index (χ1) is 5.38. The van der Waals surface area contributed by atoms with Gasteiger partial charge >= 0.3 is 0 Å². The summed E-state index contributed by atoms with van der Waals surface area (Å²) in [7, 11) is -4.03. The summed E-state index contributed by atoms with van der Waals surface area (Å²) in [6.07, 6.45) is 0.273. The van der Waals surface area contributed by atoms with Crippen LogP contribution in [0.25, 0.3) is 0 Å². The van der Waals surface area contributed by atoms with E-state index in [9.17, 15) is 8.42 Å². The van der Waals surface area contributed by atoms with E-state index in [4.69, 9.17) is 4.55 Å². The van der Waals surface area contributed by atoms with Crippen molar-refractivity contribution >= 4 is 39.3 Å². The average Bonchev–Trinajstić information content (AvgIpc) is 1.85. The molecule has 0 aliphatic carbocycles. The summed E-state index contributed by atoms with van der Waals surface area (Å²) in [5.41, 5.74) is 0. The highest BCUT2D eigenvalue weighted by Crippen LogP contribution is 2.05. The lowest BCUT2D eigenvalue weighted by atomic mass is 10.3. The van der Waals surface area contributed by atoms with Crippen LogP contribution >= 0.6 is 24.8 Å². The highest BCUT2D eigenvalue weighted by Gasteiger charge is 2.21. The number of thiocarbonyl (C=S) groups is 1. The molecule has 4 nitrogen and oxygen atoms in total. The predicted octanol–water partition coefficient (Wildman–Crippen LogP) is 0.884. The molecule has 0 aliphatic heterocycles. The monoisotopic (exact) mass is 230 g/mol. The van der Waals surface area contributed by atoms with E-state index in [1.54, 1.807) is 6.92 Å². The maximum absolute atomic E-state index is 10.6. The normalized spacial score (nSPS) is 13.9. The van der Waals surface area contributed by atoms with Crippen molar-refractivity contribution in [3.05, 3.63) is 0 Å². The van der Waals surface area contributed by atoms with Gasteiger partial charge in [0, 0.05) is 0 Å². The molecule has 72 valence electrons. The molecule has 1 N–H and O–H groups in total. The molecule has 0 fully saturated rings. The first-order valence-corrected chi connectivity index (χ1v) is 5.55. The molecule has 12 heavy (non-hydrogen) atoms. The summed E-state index contributed by atoms with van der Waals surface area (Å²) in [4.78, 5) is 0. The highest BCUT2D eigenvalue weighted by atomic mass is 32.2. The van der Waals surface area contributed by atoms with Gasteiger partial charge in [-0.25, -0.2) is 0 Å². The molecule has 1 unspecified atom stereocenters. The highest BCUT2D eigenvalue weighted by molar-refractivity contribution is 8.10. The van der Waals surface area contributed by atoms with Gasteiger partial charge in [0.1, 0.15) is 11.9 Å². The number of thiol groups is 1. The molecule has 0 aromatic carbocycles. The molecule has 0 spiro atoms. The third-order valence-electron chi connectivity index (χ3n) is 1.27. The maximum atomic E-state index is 10.6. The molecule has 0 aromatic heterocycles. The van der Waals surface area contributed by atoms with E-state index >= 15 is 0 Å². The van der Waals surface area contributed by atoms with Crippen LogP contribution in [0.15, 0.2) is 0 Å². The number of hydrogen-bond donors (Lipinski definition) is 2. The van der Waals surface area contributed by atoms with Crippen molar-refractivity contribution in [1.82, 2.24) is 0 Å². The van der Waals surface area contributed by atoms with Crippen LogP contribution < -0.4 is 0 Å². The molecule has 0 aromatic rings. The van der Waals surface area contributed by atoms with Crippen LogP contribution in [0.1, 0.15) is 13.3 Å². The SMILES string of the molecule is CCC(COC(=S)S)S(=O)(=O)O. The zero-order chi connectivity index (χ0) is 9.78. The quantitative estimate of drug-likeness (QED) is 0.426. The molecule has 0 saturated carbocycles. The fourth-order valence-corrected chi connectivity index (χ4v) is 1.38. The van der Waals surface area contributed by atoms with Gasteiger partial charge in [0.05, 0.1) is 0 Å². The van der Waals surface area contributed by atoms with Crippen molar-refractivity contribution in [2.24, 2.45) is 0 Å². The molecule has 0 aliphatic rings. The van der Waals surface area contributed by atoms with Crippen LogP contribution in [0.2, 0.25) is 0 Å². The third kappa shape index (κ3) is 4.91. The van der Waals surface area contributed by atoms with Gasteiger partial charge in [-0.2, -0.15) is 8.42 Å². The van der Waals surface area contributed by atoms with Gasteiger partial charge in [-0.1, -0.05) is 19.6 Å². The van der Waals surface area contributed by atoms with E-state index in [2.05, 4.69) is 29.6 Å². The Morgan fingerprint density at radius 2 is 2.25 bits per heavy atom. The zero-order valence-corrected chi connectivity index (χ0v) is 8.95. The molecule has 0 amide bonds. The summed E-state index contributed by atoms with van der Waals surface area (Å²) in [6, 6.07) is 0. The van der Waals surface area contributed by atoms with Crippen LogP contribution in [0.5, 0.6) is 0 Å². The van der Waals surface area contributed by atoms with Crippen molar-refractivity contribution < 1.29 is 17.7 Å². The maximum Gasteiger partial charge on any atom is 0.271 e. The van der Waals surface area contributed by atoms with Gasteiger partial charge in [0.2, 0.25) is 4.38 Å². The minimum Gasteiger partial charge on any atom is -0.477 e. The Morgan fingerprint density at radius 1 is 1.75 bits per heavy atom. The minimum absolute atomic E-state index is 0.0305. The van der Waals surface area contributed by atoms with Gasteiger partial charge < -0.3 is 4.74 Å². The van der Waals surface area contributed by atoms with E-state index in [1.165, 1.54) is 0 Å². The Morgan fingerprint density at radius 3 is 2.50 bits per heavy atom. The lowest BCUT2D eigenvalue weighted by Crippen LogP contribution is -2.25. The van der Waals surface area contributed by atoms with Crippen LogP contribution in [0.4, 0.5) is 0 Å². The smallest absolute Gasteiger partial charge is 0.271 e. The second kappa shape index (κ2) is 5.00. The largest absolute Gasteiger partial charge is 0.477 e. The minimum atomic E-state index is -4.03. The Bertz CT molecular complexity index is 245. The number of rotatable bonds is 4. The van der Waals surface area contributed by atoms with Crippen molar-refractivity contribution in [2.75, 3.05) is 6.61 Å². The second-order valence-corrected chi connectivity index (χ2v) is 4.90. The Balaban J connectivity index is 4.11. The summed E-state index contributed by atoms with van der Waals surface area (Å²) in [5, 5.41) is -0.928. The van der Waals surface area contributed by atoms with Gasteiger partial charge in [0.15, 0.2) is 0 Å². The molecule has 0 bridgehead atoms. The molecule has 0 radical (unpaired) electrons. The van der Waals surface area contributed by atoms with Crippen LogP contribution in [0.3, 0.4) is 0 Å².